The van der Waals surface area contributed by atoms with Gasteiger partial charge in [0, 0.05) is 26.0 Å². The van der Waals surface area contributed by atoms with Crippen LogP contribution in [0.25, 0.3) is 0 Å². The van der Waals surface area contributed by atoms with Gasteiger partial charge in [-0.15, -0.1) is 0 Å². The van der Waals surface area contributed by atoms with E-state index in [1.54, 1.807) is 21.3 Å². The molecule has 0 spiro atoms. The van der Waals surface area contributed by atoms with E-state index >= 15 is 0 Å². The first-order valence-corrected chi connectivity index (χ1v) is 8.12. The number of carbonyl (C=O) groups excluding carboxylic acids is 2. The first kappa shape index (κ1) is 18.1. The molecule has 2 atom stereocenters. The molecule has 1 aliphatic rings. The van der Waals surface area contributed by atoms with Crippen molar-refractivity contribution in [3.63, 3.8) is 0 Å². The zero-order valence-corrected chi connectivity index (χ0v) is 14.5. The van der Waals surface area contributed by atoms with E-state index in [2.05, 4.69) is 10.6 Å². The molecule has 1 unspecified atom stereocenters. The second kappa shape index (κ2) is 8.54. The monoisotopic (exact) mass is 336 g/mol. The Morgan fingerprint density at radius 1 is 1.25 bits per heavy atom. The van der Waals surface area contributed by atoms with E-state index in [0.717, 1.165) is 36.4 Å². The van der Waals surface area contributed by atoms with Crippen LogP contribution in [-0.4, -0.2) is 52.7 Å². The maximum atomic E-state index is 12.1. The normalized spacial score (nSPS) is 19.6. The van der Waals surface area contributed by atoms with Crippen molar-refractivity contribution in [1.82, 2.24) is 10.6 Å². The largest absolute Gasteiger partial charge is 0.497 e. The summed E-state index contributed by atoms with van der Waals surface area (Å²) in [4.78, 5) is 24.5. The van der Waals surface area contributed by atoms with E-state index in [0.29, 0.717) is 6.54 Å². The lowest BCUT2D eigenvalue weighted by atomic mass is 10.0. The first-order valence-electron chi connectivity index (χ1n) is 8.12. The lowest BCUT2D eigenvalue weighted by Gasteiger charge is -2.23. The maximum Gasteiger partial charge on any atom is 0.275 e. The molecule has 7 heteroatoms. The Labute approximate surface area is 142 Å². The van der Waals surface area contributed by atoms with Crippen molar-refractivity contribution < 1.29 is 24.0 Å². The number of ether oxygens (including phenoxy) is 2. The molecule has 24 heavy (non-hydrogen) atoms. The summed E-state index contributed by atoms with van der Waals surface area (Å²) in [7, 11) is 4.81. The summed E-state index contributed by atoms with van der Waals surface area (Å²) in [5.41, 5.74) is 1.09. The predicted molar refractivity (Wildman–Crippen MR) is 89.3 cm³/mol. The van der Waals surface area contributed by atoms with E-state index in [9.17, 15) is 9.59 Å². The smallest absolute Gasteiger partial charge is 0.275 e. The van der Waals surface area contributed by atoms with Gasteiger partial charge in [0.2, 0.25) is 5.91 Å². The highest BCUT2D eigenvalue weighted by Gasteiger charge is 2.33. The zero-order chi connectivity index (χ0) is 17.5. The van der Waals surface area contributed by atoms with Crippen LogP contribution in [0.4, 0.5) is 0 Å². The number of rotatable bonds is 7. The number of amides is 2. The average molecular weight is 336 g/mol. The summed E-state index contributed by atoms with van der Waals surface area (Å²) >= 11 is 0. The molecule has 3 N–H and O–H groups in total. The van der Waals surface area contributed by atoms with Gasteiger partial charge in [0.1, 0.15) is 17.5 Å². The van der Waals surface area contributed by atoms with Crippen LogP contribution in [0.2, 0.25) is 0 Å². The fourth-order valence-corrected chi connectivity index (χ4v) is 3.14. The Hall–Kier alpha value is -2.28. The average Bonchev–Trinajstić information content (AvgIpc) is 3.06. The van der Waals surface area contributed by atoms with E-state index in [1.807, 2.05) is 18.2 Å². The number of likely N-dealkylation sites (N-methyl/N-ethyl adjacent to an activating group) is 1. The minimum Gasteiger partial charge on any atom is -0.497 e. The highest BCUT2D eigenvalue weighted by Crippen LogP contribution is 2.31. The first-order chi connectivity index (χ1) is 11.6. The number of quaternary nitrogens is 1. The highest BCUT2D eigenvalue weighted by molar-refractivity contribution is 5.84. The van der Waals surface area contributed by atoms with Gasteiger partial charge in [0.25, 0.3) is 5.91 Å². The van der Waals surface area contributed by atoms with E-state index in [1.165, 1.54) is 4.90 Å². The maximum absolute atomic E-state index is 12.1. The number of hydrogen-bond donors (Lipinski definition) is 3. The molecule has 1 aromatic carbocycles. The number of nitrogens with one attached hydrogen (secondary N) is 3. The van der Waals surface area contributed by atoms with Gasteiger partial charge in [-0.25, -0.2) is 0 Å². The number of hydrogen-bond acceptors (Lipinski definition) is 4. The number of likely N-dealkylation sites (tertiary alicyclic amines) is 1. The van der Waals surface area contributed by atoms with Gasteiger partial charge in [0.15, 0.2) is 6.54 Å². The van der Waals surface area contributed by atoms with Crippen molar-refractivity contribution in [1.29, 1.82) is 0 Å². The molecular formula is C17H26N3O4+. The van der Waals surface area contributed by atoms with E-state index < -0.39 is 0 Å². The van der Waals surface area contributed by atoms with Crippen molar-refractivity contribution in [3.8, 4) is 11.5 Å². The summed E-state index contributed by atoms with van der Waals surface area (Å²) < 4.78 is 10.7. The van der Waals surface area contributed by atoms with Crippen LogP contribution < -0.4 is 25.0 Å². The fraction of sp³-hybridized carbons (Fsp3) is 0.529. The third-order valence-corrected chi connectivity index (χ3v) is 4.41. The van der Waals surface area contributed by atoms with Crippen molar-refractivity contribution in [2.24, 2.45) is 0 Å². The van der Waals surface area contributed by atoms with Gasteiger partial charge < -0.3 is 25.0 Å². The molecule has 1 heterocycles. The number of carbonyl (C=O) groups is 2. The van der Waals surface area contributed by atoms with Crippen LogP contribution in [0, 0.1) is 0 Å². The molecule has 1 fully saturated rings. The standard InChI is InChI=1S/C17H25N3O4/c1-18-16(21)10-19-17(22)11-20-8-4-5-14(20)13-7-6-12(23-2)9-15(13)24-3/h6-7,9,14H,4-5,8,10-11H2,1-3H3,(H,18,21)(H,19,22)/p+1/t14-/m0/s1. The predicted octanol–water partition coefficient (Wildman–Crippen LogP) is -0.714. The Kier molecular flexibility index (Phi) is 6.43. The molecule has 0 aliphatic carbocycles. The van der Waals surface area contributed by atoms with Crippen molar-refractivity contribution >= 4 is 11.8 Å². The molecule has 0 bridgehead atoms. The quantitative estimate of drug-likeness (QED) is 0.614. The van der Waals surface area contributed by atoms with Crippen LogP contribution in [0.1, 0.15) is 24.4 Å². The van der Waals surface area contributed by atoms with Crippen molar-refractivity contribution in [3.05, 3.63) is 23.8 Å². The summed E-state index contributed by atoms with van der Waals surface area (Å²) in [5, 5.41) is 5.14. The SMILES string of the molecule is CNC(=O)CNC(=O)C[NH+]1CCC[C@H]1c1ccc(OC)cc1OC. The second-order valence-corrected chi connectivity index (χ2v) is 5.84. The molecule has 2 amide bonds. The van der Waals surface area contributed by atoms with Crippen LogP contribution >= 0.6 is 0 Å². The molecule has 1 saturated heterocycles. The third kappa shape index (κ3) is 4.38. The molecule has 2 rings (SSSR count). The van der Waals surface area contributed by atoms with Gasteiger partial charge in [0.05, 0.1) is 32.9 Å². The van der Waals surface area contributed by atoms with E-state index in [-0.39, 0.29) is 24.4 Å². The molecule has 132 valence electrons. The van der Waals surface area contributed by atoms with Gasteiger partial charge >= 0.3 is 0 Å². The van der Waals surface area contributed by atoms with Gasteiger partial charge in [-0.2, -0.15) is 0 Å². The van der Waals surface area contributed by atoms with Gasteiger partial charge in [-0.3, -0.25) is 9.59 Å². The second-order valence-electron chi connectivity index (χ2n) is 5.84. The Morgan fingerprint density at radius 3 is 2.71 bits per heavy atom. The Bertz CT molecular complexity index is 591. The third-order valence-electron chi connectivity index (χ3n) is 4.41. The molecule has 1 aliphatic heterocycles. The Morgan fingerprint density at radius 2 is 2.04 bits per heavy atom. The molecular weight excluding hydrogens is 310 g/mol. The molecule has 7 nitrogen and oxygen atoms in total. The lowest BCUT2D eigenvalue weighted by molar-refractivity contribution is -0.910. The fourth-order valence-electron chi connectivity index (χ4n) is 3.14. The molecule has 1 aromatic rings. The van der Waals surface area contributed by atoms with Crippen LogP contribution in [0.5, 0.6) is 11.5 Å². The number of methoxy groups -OCH3 is 2. The number of benzene rings is 1. The lowest BCUT2D eigenvalue weighted by Crippen LogP contribution is -3.11. The Balaban J connectivity index is 2.05. The molecule has 0 saturated carbocycles. The summed E-state index contributed by atoms with van der Waals surface area (Å²) in [6.07, 6.45) is 2.05. The minimum atomic E-state index is -0.201. The summed E-state index contributed by atoms with van der Waals surface area (Å²) in [5.74, 6) is 1.21. The highest BCUT2D eigenvalue weighted by atomic mass is 16.5. The van der Waals surface area contributed by atoms with Crippen molar-refractivity contribution in [2.75, 3.05) is 40.9 Å². The van der Waals surface area contributed by atoms with Crippen LogP contribution in [0.15, 0.2) is 18.2 Å². The van der Waals surface area contributed by atoms with Gasteiger partial charge in [-0.05, 0) is 12.1 Å². The van der Waals surface area contributed by atoms with Crippen molar-refractivity contribution in [2.45, 2.75) is 18.9 Å². The molecule has 0 aromatic heterocycles. The van der Waals surface area contributed by atoms with E-state index in [4.69, 9.17) is 9.47 Å². The summed E-state index contributed by atoms with van der Waals surface area (Å²) in [6.45, 7) is 1.28. The zero-order valence-electron chi connectivity index (χ0n) is 14.5. The van der Waals surface area contributed by atoms with Crippen LogP contribution in [-0.2, 0) is 9.59 Å². The van der Waals surface area contributed by atoms with Crippen LogP contribution in [0.3, 0.4) is 0 Å². The summed E-state index contributed by atoms with van der Waals surface area (Å²) in [6, 6.07) is 6.00. The topological polar surface area (TPSA) is 81.1 Å². The molecule has 0 radical (unpaired) electrons. The van der Waals surface area contributed by atoms with Gasteiger partial charge in [-0.1, -0.05) is 0 Å². The minimum absolute atomic E-state index is 0.0130.